The van der Waals surface area contributed by atoms with Crippen molar-refractivity contribution in [3.05, 3.63) is 0 Å². The highest BCUT2D eigenvalue weighted by Crippen LogP contribution is 2.09. The maximum Gasteiger partial charge on any atom is 0.326 e. The fraction of sp³-hybridized carbons (Fsp3) is 0.750. The molecule has 0 aromatic rings. The van der Waals surface area contributed by atoms with Crippen molar-refractivity contribution in [2.45, 2.75) is 18.9 Å². The number of carbonyl (C=O) groups excluding carboxylic acids is 3. The van der Waals surface area contributed by atoms with Crippen LogP contribution in [0.3, 0.4) is 0 Å². The molecule has 1 aliphatic heterocycles. The molecule has 0 aromatic carbocycles. The number of nitrogens with zero attached hydrogens (tertiary/aromatic N) is 2. The highest BCUT2D eigenvalue weighted by molar-refractivity contribution is 6.01. The van der Waals surface area contributed by atoms with E-state index in [1.165, 1.54) is 12.0 Å². The van der Waals surface area contributed by atoms with Gasteiger partial charge in [0.25, 0.3) is 0 Å². The Morgan fingerprint density at radius 3 is 2.70 bits per heavy atom. The molecule has 0 radical (unpaired) electrons. The summed E-state index contributed by atoms with van der Waals surface area (Å²) < 4.78 is 4.84. The molecule has 1 saturated heterocycles. The molecule has 1 aliphatic rings. The van der Waals surface area contributed by atoms with Gasteiger partial charge in [0.2, 0.25) is 11.8 Å². The molecule has 0 spiro atoms. The van der Waals surface area contributed by atoms with Crippen LogP contribution in [0.4, 0.5) is 4.79 Å². The van der Waals surface area contributed by atoms with Gasteiger partial charge in [-0.2, -0.15) is 0 Å². The van der Waals surface area contributed by atoms with Gasteiger partial charge in [-0.25, -0.2) is 4.79 Å². The van der Waals surface area contributed by atoms with Crippen LogP contribution in [0.5, 0.6) is 0 Å². The standard InChI is InChI=1S/C12H21N3O5/c1-14-6-11(18)15(12(14)19)5-3-4-10(17)13-9(7-16)8-20-2/h9,16H,3-8H2,1-2H3,(H,13,17). The van der Waals surface area contributed by atoms with Crippen LogP contribution in [0, 0.1) is 0 Å². The van der Waals surface area contributed by atoms with E-state index in [1.807, 2.05) is 0 Å². The van der Waals surface area contributed by atoms with Crippen molar-refractivity contribution >= 4 is 17.8 Å². The first kappa shape index (κ1) is 16.4. The molecule has 0 bridgehead atoms. The molecular weight excluding hydrogens is 266 g/mol. The summed E-state index contributed by atoms with van der Waals surface area (Å²) in [5.74, 6) is -0.487. The van der Waals surface area contributed by atoms with Crippen LogP contribution in [0.15, 0.2) is 0 Å². The molecular formula is C12H21N3O5. The molecule has 114 valence electrons. The van der Waals surface area contributed by atoms with E-state index in [4.69, 9.17) is 9.84 Å². The molecule has 0 aliphatic carbocycles. The molecule has 1 fully saturated rings. The quantitative estimate of drug-likeness (QED) is 0.545. The number of likely N-dealkylation sites (N-methyl/N-ethyl adjacent to an activating group) is 1. The number of hydrogen-bond donors (Lipinski definition) is 2. The van der Waals surface area contributed by atoms with Gasteiger partial charge < -0.3 is 20.1 Å². The molecule has 0 saturated carbocycles. The number of carbonyl (C=O) groups is 3. The Balaban J connectivity index is 2.28. The second-order valence-electron chi connectivity index (χ2n) is 4.69. The number of imide groups is 1. The molecule has 20 heavy (non-hydrogen) atoms. The Kier molecular flexibility index (Phi) is 6.40. The minimum atomic E-state index is -0.436. The van der Waals surface area contributed by atoms with Crippen LogP contribution in [0.25, 0.3) is 0 Å². The Labute approximate surface area is 117 Å². The minimum absolute atomic E-state index is 0.0887. The Bertz CT molecular complexity index is 374. The van der Waals surface area contributed by atoms with Crippen molar-refractivity contribution in [2.24, 2.45) is 0 Å². The third-order valence-electron chi connectivity index (χ3n) is 2.97. The highest BCUT2D eigenvalue weighted by Gasteiger charge is 2.32. The normalized spacial score (nSPS) is 16.8. The van der Waals surface area contributed by atoms with Crippen molar-refractivity contribution in [1.82, 2.24) is 15.1 Å². The second-order valence-corrected chi connectivity index (χ2v) is 4.69. The second kappa shape index (κ2) is 7.81. The summed E-state index contributed by atoms with van der Waals surface area (Å²) in [4.78, 5) is 37.2. The van der Waals surface area contributed by atoms with Crippen LogP contribution in [0.1, 0.15) is 12.8 Å². The van der Waals surface area contributed by atoms with Crippen LogP contribution in [-0.4, -0.2) is 79.3 Å². The summed E-state index contributed by atoms with van der Waals surface area (Å²) in [7, 11) is 3.04. The Morgan fingerprint density at radius 1 is 1.50 bits per heavy atom. The van der Waals surface area contributed by atoms with Crippen molar-refractivity contribution < 1.29 is 24.2 Å². The number of rotatable bonds is 8. The predicted molar refractivity (Wildman–Crippen MR) is 69.9 cm³/mol. The maximum atomic E-state index is 11.6. The number of ether oxygens (including phenoxy) is 1. The van der Waals surface area contributed by atoms with Gasteiger partial charge in [-0.15, -0.1) is 0 Å². The van der Waals surface area contributed by atoms with E-state index in [0.29, 0.717) is 6.42 Å². The summed E-state index contributed by atoms with van der Waals surface area (Å²) >= 11 is 0. The van der Waals surface area contributed by atoms with Gasteiger partial charge in [0.15, 0.2) is 0 Å². The van der Waals surface area contributed by atoms with E-state index in [0.717, 1.165) is 4.90 Å². The number of nitrogens with one attached hydrogen (secondary N) is 1. The molecule has 1 unspecified atom stereocenters. The van der Waals surface area contributed by atoms with Crippen molar-refractivity contribution in [3.8, 4) is 0 Å². The summed E-state index contributed by atoms with van der Waals surface area (Å²) in [6, 6.07) is -0.767. The lowest BCUT2D eigenvalue weighted by molar-refractivity contribution is -0.126. The number of urea groups is 1. The molecule has 1 atom stereocenters. The average Bonchev–Trinajstić information content (AvgIpc) is 2.64. The average molecular weight is 287 g/mol. The summed E-state index contributed by atoms with van der Waals surface area (Å²) in [6.45, 7) is 0.346. The van der Waals surface area contributed by atoms with Gasteiger partial charge >= 0.3 is 6.03 Å². The van der Waals surface area contributed by atoms with Crippen LogP contribution < -0.4 is 5.32 Å². The lowest BCUT2D eigenvalue weighted by Crippen LogP contribution is -2.41. The van der Waals surface area contributed by atoms with E-state index in [2.05, 4.69) is 5.32 Å². The zero-order valence-corrected chi connectivity index (χ0v) is 11.8. The van der Waals surface area contributed by atoms with Gasteiger partial charge in [0.1, 0.15) is 6.54 Å². The Hall–Kier alpha value is -1.67. The first-order valence-electron chi connectivity index (χ1n) is 6.44. The fourth-order valence-corrected chi connectivity index (χ4v) is 1.93. The number of methoxy groups -OCH3 is 1. The monoisotopic (exact) mass is 287 g/mol. The Morgan fingerprint density at radius 2 is 2.20 bits per heavy atom. The first-order chi connectivity index (χ1) is 9.49. The summed E-state index contributed by atoms with van der Waals surface area (Å²) in [5, 5.41) is 11.6. The number of hydrogen-bond acceptors (Lipinski definition) is 5. The highest BCUT2D eigenvalue weighted by atomic mass is 16.5. The van der Waals surface area contributed by atoms with Gasteiger partial charge in [0.05, 0.1) is 19.3 Å². The largest absolute Gasteiger partial charge is 0.394 e. The molecule has 4 amide bonds. The smallest absolute Gasteiger partial charge is 0.326 e. The van der Waals surface area contributed by atoms with E-state index < -0.39 is 6.04 Å². The number of aliphatic hydroxyl groups excluding tert-OH is 1. The number of aliphatic hydroxyl groups is 1. The zero-order chi connectivity index (χ0) is 15.1. The molecule has 0 aromatic heterocycles. The summed E-state index contributed by atoms with van der Waals surface area (Å²) in [5.41, 5.74) is 0. The van der Waals surface area contributed by atoms with Crippen molar-refractivity contribution in [1.29, 1.82) is 0 Å². The van der Waals surface area contributed by atoms with E-state index in [-0.39, 0.29) is 50.6 Å². The zero-order valence-electron chi connectivity index (χ0n) is 11.8. The molecule has 2 N–H and O–H groups in total. The third kappa shape index (κ3) is 4.46. The van der Waals surface area contributed by atoms with Crippen LogP contribution in [-0.2, 0) is 14.3 Å². The predicted octanol–water partition coefficient (Wildman–Crippen LogP) is -1.22. The number of amides is 4. The molecule has 1 heterocycles. The SMILES string of the molecule is COCC(CO)NC(=O)CCCN1C(=O)CN(C)C1=O. The molecule has 8 nitrogen and oxygen atoms in total. The van der Waals surface area contributed by atoms with Gasteiger partial charge in [-0.05, 0) is 6.42 Å². The molecule has 1 rings (SSSR count). The molecule has 8 heteroatoms. The van der Waals surface area contributed by atoms with E-state index in [9.17, 15) is 14.4 Å². The van der Waals surface area contributed by atoms with Gasteiger partial charge in [-0.1, -0.05) is 0 Å². The minimum Gasteiger partial charge on any atom is -0.394 e. The lowest BCUT2D eigenvalue weighted by Gasteiger charge is -2.16. The first-order valence-corrected chi connectivity index (χ1v) is 6.44. The van der Waals surface area contributed by atoms with Crippen LogP contribution in [0.2, 0.25) is 0 Å². The van der Waals surface area contributed by atoms with Gasteiger partial charge in [0, 0.05) is 27.1 Å². The lowest BCUT2D eigenvalue weighted by atomic mass is 10.2. The third-order valence-corrected chi connectivity index (χ3v) is 2.97. The maximum absolute atomic E-state index is 11.6. The van der Waals surface area contributed by atoms with Crippen LogP contribution >= 0.6 is 0 Å². The van der Waals surface area contributed by atoms with Crippen molar-refractivity contribution in [3.63, 3.8) is 0 Å². The van der Waals surface area contributed by atoms with E-state index >= 15 is 0 Å². The van der Waals surface area contributed by atoms with Gasteiger partial charge in [-0.3, -0.25) is 14.5 Å². The van der Waals surface area contributed by atoms with Crippen molar-refractivity contribution in [2.75, 3.05) is 40.5 Å². The summed E-state index contributed by atoms with van der Waals surface area (Å²) in [6.07, 6.45) is 0.573. The topological polar surface area (TPSA) is 99.2 Å². The van der Waals surface area contributed by atoms with E-state index in [1.54, 1.807) is 7.05 Å². The fourth-order valence-electron chi connectivity index (χ4n) is 1.93.